The maximum absolute atomic E-state index is 13.0. The second-order valence-electron chi connectivity index (χ2n) is 8.37. The first-order valence-corrected chi connectivity index (χ1v) is 9.87. The average molecular weight is 409 g/mol. The van der Waals surface area contributed by atoms with Gasteiger partial charge in [0.05, 0.1) is 4.92 Å². The van der Waals surface area contributed by atoms with Gasteiger partial charge in [-0.05, 0) is 53.3 Å². The zero-order valence-electron chi connectivity index (χ0n) is 16.2. The van der Waals surface area contributed by atoms with Crippen molar-refractivity contribution in [1.82, 2.24) is 5.32 Å². The molecule has 1 aliphatic carbocycles. The lowest BCUT2D eigenvalue weighted by Crippen LogP contribution is -2.35. The summed E-state index contributed by atoms with van der Waals surface area (Å²) in [6.07, 6.45) is 3.31. The van der Waals surface area contributed by atoms with Crippen molar-refractivity contribution >= 4 is 28.8 Å². The number of nitrogens with one attached hydrogen (secondary N) is 1. The third kappa shape index (κ3) is 3.83. The lowest BCUT2D eigenvalue weighted by atomic mass is 9.70. The van der Waals surface area contributed by atoms with E-state index in [0.717, 1.165) is 34.5 Å². The van der Waals surface area contributed by atoms with Crippen LogP contribution in [-0.2, 0) is 4.79 Å². The van der Waals surface area contributed by atoms with E-state index >= 15 is 0 Å². The molecule has 0 saturated carbocycles. The SMILES string of the molecule is CC1(C)CC(=O)C2=C(C1)NC(c1ccc([N+](=O)[O-])cc1)=CC2c1ccc(Cl)cc1. The molecule has 0 spiro atoms. The number of benzene rings is 2. The molecule has 0 radical (unpaired) electrons. The molecule has 6 heteroatoms. The Morgan fingerprint density at radius 1 is 1.07 bits per heavy atom. The summed E-state index contributed by atoms with van der Waals surface area (Å²) in [7, 11) is 0. The van der Waals surface area contributed by atoms with Gasteiger partial charge in [-0.1, -0.05) is 37.6 Å². The van der Waals surface area contributed by atoms with Crippen LogP contribution in [0.2, 0.25) is 5.02 Å². The first kappa shape index (κ1) is 19.4. The number of hydrogen-bond acceptors (Lipinski definition) is 4. The molecule has 148 valence electrons. The van der Waals surface area contributed by atoms with Gasteiger partial charge in [0.1, 0.15) is 0 Å². The zero-order valence-corrected chi connectivity index (χ0v) is 17.0. The fraction of sp³-hybridized carbons (Fsp3) is 0.261. The van der Waals surface area contributed by atoms with Crippen LogP contribution < -0.4 is 5.32 Å². The van der Waals surface area contributed by atoms with Gasteiger partial charge in [-0.3, -0.25) is 14.9 Å². The minimum absolute atomic E-state index is 0.0493. The van der Waals surface area contributed by atoms with Crippen molar-refractivity contribution in [3.63, 3.8) is 0 Å². The van der Waals surface area contributed by atoms with E-state index in [1.54, 1.807) is 12.1 Å². The number of hydrogen-bond donors (Lipinski definition) is 1. The molecule has 4 rings (SSSR count). The molecule has 0 aromatic heterocycles. The molecule has 2 aliphatic rings. The van der Waals surface area contributed by atoms with E-state index in [0.29, 0.717) is 11.4 Å². The molecule has 2 aromatic rings. The predicted octanol–water partition coefficient (Wildman–Crippen LogP) is 5.62. The quantitative estimate of drug-likeness (QED) is 0.528. The third-order valence-electron chi connectivity index (χ3n) is 5.47. The highest BCUT2D eigenvalue weighted by Crippen LogP contribution is 2.45. The number of nitro groups is 1. The van der Waals surface area contributed by atoms with Crippen LogP contribution in [0.1, 0.15) is 43.7 Å². The summed E-state index contributed by atoms with van der Waals surface area (Å²) in [6.45, 7) is 4.19. The van der Waals surface area contributed by atoms with E-state index < -0.39 is 4.92 Å². The number of Topliss-reactive ketones (excluding diaryl/α,β-unsaturated/α-hetero) is 1. The fourth-order valence-corrected chi connectivity index (χ4v) is 4.25. The Labute approximate surface area is 174 Å². The summed E-state index contributed by atoms with van der Waals surface area (Å²) in [5.74, 6) is -0.0278. The Kier molecular flexibility index (Phi) is 4.79. The first-order valence-electron chi connectivity index (χ1n) is 9.49. The maximum atomic E-state index is 13.0. The summed E-state index contributed by atoms with van der Waals surface area (Å²) in [5.41, 5.74) is 4.36. The predicted molar refractivity (Wildman–Crippen MR) is 113 cm³/mol. The molecule has 0 saturated heterocycles. The second kappa shape index (κ2) is 7.16. The van der Waals surface area contributed by atoms with Crippen LogP contribution in [0.3, 0.4) is 0 Å². The van der Waals surface area contributed by atoms with Crippen molar-refractivity contribution in [2.45, 2.75) is 32.6 Å². The molecule has 0 bridgehead atoms. The van der Waals surface area contributed by atoms with Crippen LogP contribution >= 0.6 is 11.6 Å². The number of nitro benzene ring substituents is 1. The monoisotopic (exact) mass is 408 g/mol. The van der Waals surface area contributed by atoms with Crippen molar-refractivity contribution in [1.29, 1.82) is 0 Å². The second-order valence-corrected chi connectivity index (χ2v) is 8.81. The van der Waals surface area contributed by atoms with Crippen molar-refractivity contribution in [3.8, 4) is 0 Å². The summed E-state index contributed by atoms with van der Waals surface area (Å²) in [6, 6.07) is 14.0. The fourth-order valence-electron chi connectivity index (χ4n) is 4.13. The Balaban J connectivity index is 1.80. The molecule has 29 heavy (non-hydrogen) atoms. The minimum Gasteiger partial charge on any atom is -0.358 e. The summed E-state index contributed by atoms with van der Waals surface area (Å²) in [4.78, 5) is 23.6. The summed E-state index contributed by atoms with van der Waals surface area (Å²) < 4.78 is 0. The van der Waals surface area contributed by atoms with E-state index in [4.69, 9.17) is 11.6 Å². The molecular formula is C23H21ClN2O3. The summed E-state index contributed by atoms with van der Waals surface area (Å²) >= 11 is 6.06. The molecule has 1 unspecified atom stereocenters. The number of allylic oxidation sites excluding steroid dienone is 3. The van der Waals surface area contributed by atoms with Gasteiger partial charge in [0.15, 0.2) is 5.78 Å². The standard InChI is InChI=1S/C23H21ClN2O3/c1-23(2)12-20-22(21(27)13-23)18(14-3-7-16(24)8-4-14)11-19(25-20)15-5-9-17(10-6-15)26(28)29/h3-11,18,25H,12-13H2,1-2H3. The average Bonchev–Trinajstić information content (AvgIpc) is 2.66. The summed E-state index contributed by atoms with van der Waals surface area (Å²) in [5, 5.41) is 15.1. The van der Waals surface area contributed by atoms with E-state index in [-0.39, 0.29) is 22.8 Å². The number of halogens is 1. The molecule has 5 nitrogen and oxygen atoms in total. The number of ketones is 1. The molecule has 1 heterocycles. The van der Waals surface area contributed by atoms with Crippen LogP contribution in [0.25, 0.3) is 5.70 Å². The van der Waals surface area contributed by atoms with E-state index in [2.05, 4.69) is 19.2 Å². The number of carbonyl (C=O) groups excluding carboxylic acids is 1. The lowest BCUT2D eigenvalue weighted by Gasteiger charge is -2.38. The maximum Gasteiger partial charge on any atom is 0.269 e. The van der Waals surface area contributed by atoms with Crippen LogP contribution in [0.4, 0.5) is 5.69 Å². The van der Waals surface area contributed by atoms with Crippen LogP contribution in [0, 0.1) is 15.5 Å². The molecular weight excluding hydrogens is 388 g/mol. The lowest BCUT2D eigenvalue weighted by molar-refractivity contribution is -0.384. The number of rotatable bonds is 3. The van der Waals surface area contributed by atoms with Gasteiger partial charge in [0, 0.05) is 46.5 Å². The highest BCUT2D eigenvalue weighted by molar-refractivity contribution is 6.30. The van der Waals surface area contributed by atoms with Gasteiger partial charge in [-0.15, -0.1) is 0 Å². The zero-order chi connectivity index (χ0) is 20.8. The first-order chi connectivity index (χ1) is 13.7. The van der Waals surface area contributed by atoms with Crippen LogP contribution in [0.15, 0.2) is 65.9 Å². The molecule has 0 amide bonds. The van der Waals surface area contributed by atoms with Gasteiger partial charge in [-0.2, -0.15) is 0 Å². The van der Waals surface area contributed by atoms with E-state index in [1.807, 2.05) is 30.3 Å². The molecule has 2 aromatic carbocycles. The van der Waals surface area contributed by atoms with Crippen molar-refractivity contribution in [2.75, 3.05) is 0 Å². The van der Waals surface area contributed by atoms with Crippen LogP contribution in [0.5, 0.6) is 0 Å². The number of non-ortho nitro benzene ring substituents is 1. The number of nitrogens with zero attached hydrogens (tertiary/aromatic N) is 1. The third-order valence-corrected chi connectivity index (χ3v) is 5.72. The van der Waals surface area contributed by atoms with Crippen molar-refractivity contribution < 1.29 is 9.72 Å². The Hall–Kier alpha value is -2.92. The smallest absolute Gasteiger partial charge is 0.269 e. The van der Waals surface area contributed by atoms with Crippen molar-refractivity contribution in [2.24, 2.45) is 5.41 Å². The molecule has 1 atom stereocenters. The molecule has 1 aliphatic heterocycles. The van der Waals surface area contributed by atoms with Gasteiger partial charge >= 0.3 is 0 Å². The Morgan fingerprint density at radius 3 is 2.34 bits per heavy atom. The Morgan fingerprint density at radius 2 is 1.72 bits per heavy atom. The van der Waals surface area contributed by atoms with Gasteiger partial charge < -0.3 is 5.32 Å². The van der Waals surface area contributed by atoms with E-state index in [9.17, 15) is 14.9 Å². The van der Waals surface area contributed by atoms with Gasteiger partial charge in [0.25, 0.3) is 5.69 Å². The highest BCUT2D eigenvalue weighted by Gasteiger charge is 2.38. The normalized spacial score (nSPS) is 20.6. The minimum atomic E-state index is -0.411. The highest BCUT2D eigenvalue weighted by atomic mass is 35.5. The molecule has 0 fully saturated rings. The molecule has 1 N–H and O–H groups in total. The van der Waals surface area contributed by atoms with Gasteiger partial charge in [-0.25, -0.2) is 0 Å². The topological polar surface area (TPSA) is 72.2 Å². The number of carbonyl (C=O) groups is 1. The van der Waals surface area contributed by atoms with Crippen LogP contribution in [-0.4, -0.2) is 10.7 Å². The van der Waals surface area contributed by atoms with Crippen molar-refractivity contribution in [3.05, 3.63) is 92.1 Å². The van der Waals surface area contributed by atoms with Gasteiger partial charge in [0.2, 0.25) is 0 Å². The largest absolute Gasteiger partial charge is 0.358 e. The Bertz CT molecular complexity index is 1050. The van der Waals surface area contributed by atoms with E-state index in [1.165, 1.54) is 12.1 Å². The number of dihydropyridines is 1.